The minimum atomic E-state index is 0.684. The Kier molecular flexibility index (Phi) is 7.83. The fourth-order valence-corrected chi connectivity index (χ4v) is 1.34. The smallest absolute Gasteiger partial charge is 0.0242 e. The summed E-state index contributed by atoms with van der Waals surface area (Å²) < 4.78 is 0. The summed E-state index contributed by atoms with van der Waals surface area (Å²) in [5.74, 6) is 0. The van der Waals surface area contributed by atoms with E-state index in [0.29, 0.717) is 4.83 Å². The average Bonchev–Trinajstić information content (AvgIpc) is 1.89. The van der Waals surface area contributed by atoms with Gasteiger partial charge in [-0.1, -0.05) is 58.0 Å². The fraction of sp³-hybridized carbons (Fsp3) is 1.00. The lowest BCUT2D eigenvalue weighted by Crippen LogP contribution is -1.97. The van der Waals surface area contributed by atoms with Gasteiger partial charge in [-0.05, 0) is 6.42 Å². The van der Waals surface area contributed by atoms with Gasteiger partial charge >= 0.3 is 0 Å². The quantitative estimate of drug-likeness (QED) is 0.520. The number of halogens is 2. The van der Waals surface area contributed by atoms with Gasteiger partial charge in [-0.15, -0.1) is 0 Å². The van der Waals surface area contributed by atoms with Gasteiger partial charge in [-0.2, -0.15) is 0 Å². The minimum absolute atomic E-state index is 0.684. The molecule has 0 rings (SSSR count). The summed E-state index contributed by atoms with van der Waals surface area (Å²) in [6.07, 6.45) is 5.36. The van der Waals surface area contributed by atoms with Crippen molar-refractivity contribution in [3.05, 3.63) is 0 Å². The van der Waals surface area contributed by atoms with Crippen LogP contribution in [0.5, 0.6) is 0 Å². The molecule has 0 amide bonds. The van der Waals surface area contributed by atoms with Gasteiger partial charge in [0.1, 0.15) is 0 Å². The molecule has 0 aromatic carbocycles. The highest BCUT2D eigenvalue weighted by molar-refractivity contribution is 9.12. The zero-order valence-corrected chi connectivity index (χ0v) is 9.04. The van der Waals surface area contributed by atoms with E-state index in [2.05, 4.69) is 38.8 Å². The highest BCUT2D eigenvalue weighted by atomic mass is 79.9. The van der Waals surface area contributed by atoms with Gasteiger partial charge in [-0.3, -0.25) is 0 Å². The van der Waals surface area contributed by atoms with Crippen molar-refractivity contribution in [3.63, 3.8) is 0 Å². The molecule has 0 aliphatic heterocycles. The van der Waals surface area contributed by atoms with E-state index in [4.69, 9.17) is 0 Å². The predicted molar refractivity (Wildman–Crippen MR) is 50.7 cm³/mol. The van der Waals surface area contributed by atoms with Gasteiger partial charge in [-0.25, -0.2) is 0 Å². The van der Waals surface area contributed by atoms with E-state index in [1.807, 2.05) is 0 Å². The van der Waals surface area contributed by atoms with Gasteiger partial charge in [0.05, 0.1) is 0 Å². The van der Waals surface area contributed by atoms with Crippen molar-refractivity contribution >= 4 is 31.9 Å². The van der Waals surface area contributed by atoms with Crippen LogP contribution < -0.4 is 0 Å². The Labute approximate surface area is 74.7 Å². The molecule has 0 heterocycles. The Hall–Kier alpha value is 0.960. The molecular formula is C7H14Br2. The maximum Gasteiger partial charge on any atom is 0.0242 e. The van der Waals surface area contributed by atoms with Crippen molar-refractivity contribution in [2.24, 2.45) is 0 Å². The molecule has 1 unspecified atom stereocenters. The standard InChI is InChI=1S/C7H14Br2/c1-2-3-4-5-7(9)6-8/h7H,2-6H2,1H3. The first-order chi connectivity index (χ1) is 4.31. The van der Waals surface area contributed by atoms with Crippen molar-refractivity contribution in [2.45, 2.75) is 37.4 Å². The first-order valence-corrected chi connectivity index (χ1v) is 5.55. The molecule has 0 spiro atoms. The Morgan fingerprint density at radius 3 is 2.44 bits per heavy atom. The third-order valence-corrected chi connectivity index (χ3v) is 3.72. The van der Waals surface area contributed by atoms with Crippen LogP contribution in [-0.2, 0) is 0 Å². The van der Waals surface area contributed by atoms with Gasteiger partial charge in [0.25, 0.3) is 0 Å². The Morgan fingerprint density at radius 2 is 2.00 bits per heavy atom. The molecule has 0 aliphatic rings. The first-order valence-electron chi connectivity index (χ1n) is 3.51. The number of alkyl halides is 2. The van der Waals surface area contributed by atoms with E-state index in [1.54, 1.807) is 0 Å². The molecule has 0 saturated carbocycles. The summed E-state index contributed by atoms with van der Waals surface area (Å²) in [5.41, 5.74) is 0. The average molecular weight is 258 g/mol. The van der Waals surface area contributed by atoms with Crippen molar-refractivity contribution < 1.29 is 0 Å². The SMILES string of the molecule is CCCCCC(Br)CBr. The van der Waals surface area contributed by atoms with Gasteiger partial charge in [0.15, 0.2) is 0 Å². The number of hydrogen-bond acceptors (Lipinski definition) is 0. The summed E-state index contributed by atoms with van der Waals surface area (Å²) >= 11 is 6.98. The Balaban J connectivity index is 2.88. The highest BCUT2D eigenvalue weighted by Gasteiger charge is 1.98. The molecule has 56 valence electrons. The molecule has 0 nitrogen and oxygen atoms in total. The van der Waals surface area contributed by atoms with Gasteiger partial charge in [0.2, 0.25) is 0 Å². The second-order valence-corrected chi connectivity index (χ2v) is 4.19. The minimum Gasteiger partial charge on any atom is -0.0916 e. The van der Waals surface area contributed by atoms with Crippen LogP contribution in [-0.4, -0.2) is 10.2 Å². The molecule has 0 aliphatic carbocycles. The second kappa shape index (κ2) is 7.07. The summed E-state index contributed by atoms with van der Waals surface area (Å²) in [4.78, 5) is 0.684. The number of rotatable bonds is 5. The molecule has 1 atom stereocenters. The topological polar surface area (TPSA) is 0 Å². The van der Waals surface area contributed by atoms with Crippen LogP contribution in [0.3, 0.4) is 0 Å². The predicted octanol–water partition coefficient (Wildman–Crippen LogP) is 3.73. The Bertz CT molecular complexity index is 54.9. The van der Waals surface area contributed by atoms with Gasteiger partial charge < -0.3 is 0 Å². The van der Waals surface area contributed by atoms with Crippen molar-refractivity contribution in [1.29, 1.82) is 0 Å². The van der Waals surface area contributed by atoms with E-state index in [0.717, 1.165) is 5.33 Å². The molecule has 0 fully saturated rings. The molecule has 9 heavy (non-hydrogen) atoms. The third-order valence-electron chi connectivity index (χ3n) is 1.29. The molecule has 0 aromatic heterocycles. The maximum atomic E-state index is 3.56. The summed E-state index contributed by atoms with van der Waals surface area (Å²) in [6, 6.07) is 0. The first kappa shape index (κ1) is 9.96. The zero-order chi connectivity index (χ0) is 7.11. The normalized spacial score (nSPS) is 13.7. The second-order valence-electron chi connectivity index (χ2n) is 2.25. The van der Waals surface area contributed by atoms with Crippen LogP contribution in [0.15, 0.2) is 0 Å². The van der Waals surface area contributed by atoms with Crippen LogP contribution in [0.2, 0.25) is 0 Å². The lowest BCUT2D eigenvalue weighted by atomic mass is 10.2. The summed E-state index contributed by atoms with van der Waals surface area (Å²) in [5, 5.41) is 1.08. The molecule has 0 bridgehead atoms. The zero-order valence-electron chi connectivity index (χ0n) is 5.87. The van der Waals surface area contributed by atoms with E-state index < -0.39 is 0 Å². The molecule has 0 saturated heterocycles. The molecule has 2 heteroatoms. The van der Waals surface area contributed by atoms with E-state index >= 15 is 0 Å². The van der Waals surface area contributed by atoms with Crippen LogP contribution in [0, 0.1) is 0 Å². The highest BCUT2D eigenvalue weighted by Crippen LogP contribution is 2.12. The lowest BCUT2D eigenvalue weighted by Gasteiger charge is -2.02. The van der Waals surface area contributed by atoms with Crippen molar-refractivity contribution in [2.75, 3.05) is 5.33 Å². The van der Waals surface area contributed by atoms with Crippen LogP contribution in [0.25, 0.3) is 0 Å². The monoisotopic (exact) mass is 256 g/mol. The largest absolute Gasteiger partial charge is 0.0916 e. The summed E-state index contributed by atoms with van der Waals surface area (Å²) in [7, 11) is 0. The van der Waals surface area contributed by atoms with E-state index in [-0.39, 0.29) is 0 Å². The number of hydrogen-bond donors (Lipinski definition) is 0. The van der Waals surface area contributed by atoms with Crippen LogP contribution in [0.4, 0.5) is 0 Å². The molecular weight excluding hydrogens is 244 g/mol. The van der Waals surface area contributed by atoms with Crippen LogP contribution in [0.1, 0.15) is 32.6 Å². The van der Waals surface area contributed by atoms with Crippen LogP contribution >= 0.6 is 31.9 Å². The van der Waals surface area contributed by atoms with Crippen molar-refractivity contribution in [3.8, 4) is 0 Å². The van der Waals surface area contributed by atoms with E-state index in [9.17, 15) is 0 Å². The molecule has 0 N–H and O–H groups in total. The summed E-state index contributed by atoms with van der Waals surface area (Å²) in [6.45, 7) is 2.23. The number of unbranched alkanes of at least 4 members (excludes halogenated alkanes) is 2. The third kappa shape index (κ3) is 6.85. The van der Waals surface area contributed by atoms with E-state index in [1.165, 1.54) is 25.7 Å². The maximum absolute atomic E-state index is 3.56. The van der Waals surface area contributed by atoms with Gasteiger partial charge in [0, 0.05) is 10.2 Å². The lowest BCUT2D eigenvalue weighted by molar-refractivity contribution is 0.672. The fourth-order valence-electron chi connectivity index (χ4n) is 0.693. The van der Waals surface area contributed by atoms with Crippen molar-refractivity contribution in [1.82, 2.24) is 0 Å². The molecule has 0 radical (unpaired) electrons. The Morgan fingerprint density at radius 1 is 1.33 bits per heavy atom. The molecule has 0 aromatic rings.